The number of hydrogen-bond acceptors (Lipinski definition) is 3. The van der Waals surface area contributed by atoms with Crippen molar-refractivity contribution in [2.24, 2.45) is 0 Å². The molecule has 2 aromatic carbocycles. The fourth-order valence-electron chi connectivity index (χ4n) is 5.70. The van der Waals surface area contributed by atoms with Crippen LogP contribution in [0.2, 0.25) is 0 Å². The summed E-state index contributed by atoms with van der Waals surface area (Å²) in [6.45, 7) is 4.46. The van der Waals surface area contributed by atoms with Crippen LogP contribution in [0, 0.1) is 0 Å². The molecule has 0 aromatic heterocycles. The van der Waals surface area contributed by atoms with Crippen LogP contribution in [-0.2, 0) is 23.6 Å². The summed E-state index contributed by atoms with van der Waals surface area (Å²) in [6.07, 6.45) is 17.2. The van der Waals surface area contributed by atoms with E-state index in [4.69, 9.17) is 0 Å². The smallest absolute Gasteiger partial charge is 0.0683 e. The molecule has 0 heterocycles. The summed E-state index contributed by atoms with van der Waals surface area (Å²) in [5.74, 6) is 0. The first-order valence-electron chi connectivity index (χ1n) is 16.4. The second-order valence-corrected chi connectivity index (χ2v) is 13.6. The van der Waals surface area contributed by atoms with Gasteiger partial charge in [0.25, 0.3) is 0 Å². The predicted octanol–water partition coefficient (Wildman–Crippen LogP) is 8.96. The van der Waals surface area contributed by atoms with Crippen LogP contribution in [0.15, 0.2) is 60.7 Å². The second kappa shape index (κ2) is 22.2. The molecule has 0 aliphatic heterocycles. The van der Waals surface area contributed by atoms with Crippen LogP contribution in [0.1, 0.15) is 128 Å². The molecule has 0 amide bonds. The van der Waals surface area contributed by atoms with Gasteiger partial charge in [-0.15, -0.1) is 0 Å². The third-order valence-electron chi connectivity index (χ3n) is 8.28. The summed E-state index contributed by atoms with van der Waals surface area (Å²) in [4.78, 5) is 0. The van der Waals surface area contributed by atoms with Gasteiger partial charge in [0.15, 0.2) is 0 Å². The predicted molar refractivity (Wildman–Crippen MR) is 173 cm³/mol. The quantitative estimate of drug-likeness (QED) is 0.124. The first kappa shape index (κ1) is 34.7. The fourth-order valence-corrected chi connectivity index (χ4v) is 7.74. The van der Waals surface area contributed by atoms with E-state index in [1.54, 1.807) is 0 Å². The Kier molecular flexibility index (Phi) is 19.2. The third kappa shape index (κ3) is 14.4. The molecule has 0 radical (unpaired) electrons. The molecule has 2 rings (SSSR count). The van der Waals surface area contributed by atoms with Crippen molar-refractivity contribution in [2.75, 3.05) is 0 Å². The first-order valence-corrected chi connectivity index (χ1v) is 17.7. The molecular formula is C36H58O3S. The zero-order valence-corrected chi connectivity index (χ0v) is 26.3. The van der Waals surface area contributed by atoms with Crippen molar-refractivity contribution in [3.8, 4) is 0 Å². The minimum Gasteiger partial charge on any atom is -0.392 e. The first-order chi connectivity index (χ1) is 19.6. The van der Waals surface area contributed by atoms with Gasteiger partial charge in [-0.05, 0) is 49.7 Å². The summed E-state index contributed by atoms with van der Waals surface area (Å²) in [7, 11) is -1.32. The maximum atomic E-state index is 14.3. The number of aryl methyl sites for hydroxylation is 2. The van der Waals surface area contributed by atoms with E-state index in [9.17, 15) is 14.4 Å². The largest absolute Gasteiger partial charge is 0.392 e. The summed E-state index contributed by atoms with van der Waals surface area (Å²) in [5, 5.41) is 22.1. The van der Waals surface area contributed by atoms with Gasteiger partial charge in [-0.1, -0.05) is 152 Å². The van der Waals surface area contributed by atoms with Gasteiger partial charge in [-0.25, -0.2) is 0 Å². The lowest BCUT2D eigenvalue weighted by atomic mass is 10.0. The zero-order valence-electron chi connectivity index (χ0n) is 25.5. The standard InChI is InChI=1S/C36H58O3S/c1-3-5-7-9-11-19-25-33(37)35(29-27-31-21-15-13-16-22-31)40(39)36(30-28-32-23-17-14-18-24-32)34(38)26-20-12-10-8-6-4-2/h13-18,21-24,33-38H,3-12,19-20,25-30H2,1-2H3. The highest BCUT2D eigenvalue weighted by atomic mass is 32.2. The van der Waals surface area contributed by atoms with Gasteiger partial charge in [0.2, 0.25) is 0 Å². The molecule has 0 saturated heterocycles. The van der Waals surface area contributed by atoms with Crippen LogP contribution in [0.3, 0.4) is 0 Å². The monoisotopic (exact) mass is 570 g/mol. The van der Waals surface area contributed by atoms with Crippen LogP contribution in [0.25, 0.3) is 0 Å². The van der Waals surface area contributed by atoms with E-state index in [2.05, 4.69) is 38.1 Å². The number of aliphatic hydroxyl groups excluding tert-OH is 2. The number of hydrogen-bond donors (Lipinski definition) is 2. The van der Waals surface area contributed by atoms with E-state index in [1.165, 1.54) is 62.5 Å². The average molecular weight is 571 g/mol. The molecule has 0 fully saturated rings. The van der Waals surface area contributed by atoms with Crippen molar-refractivity contribution in [1.82, 2.24) is 0 Å². The van der Waals surface area contributed by atoms with Crippen LogP contribution in [0.5, 0.6) is 0 Å². The van der Waals surface area contributed by atoms with E-state index < -0.39 is 23.0 Å². The minimum atomic E-state index is -1.32. The lowest BCUT2D eigenvalue weighted by molar-refractivity contribution is 0.142. The van der Waals surface area contributed by atoms with Crippen molar-refractivity contribution in [3.05, 3.63) is 71.8 Å². The van der Waals surface area contributed by atoms with Gasteiger partial charge in [-0.3, -0.25) is 4.21 Å². The van der Waals surface area contributed by atoms with Crippen LogP contribution >= 0.6 is 0 Å². The molecule has 4 heteroatoms. The number of rotatable bonds is 24. The molecule has 2 aromatic rings. The maximum absolute atomic E-state index is 14.3. The van der Waals surface area contributed by atoms with E-state index in [1.807, 2.05) is 36.4 Å². The van der Waals surface area contributed by atoms with Gasteiger partial charge in [0.1, 0.15) is 0 Å². The van der Waals surface area contributed by atoms with Crippen molar-refractivity contribution in [3.63, 3.8) is 0 Å². The molecular weight excluding hydrogens is 512 g/mol. The SMILES string of the molecule is CCCCCCCCC(O)C(CCc1ccccc1)S(=O)C(CCc1ccccc1)C(O)CCCCCCCC. The Balaban J connectivity index is 2.10. The average Bonchev–Trinajstić information content (AvgIpc) is 2.98. The summed E-state index contributed by atoms with van der Waals surface area (Å²) < 4.78 is 14.3. The van der Waals surface area contributed by atoms with Gasteiger partial charge in [0.05, 0.1) is 22.7 Å². The Bertz CT molecular complexity index is 801. The van der Waals surface area contributed by atoms with Crippen molar-refractivity contribution >= 4 is 10.8 Å². The van der Waals surface area contributed by atoms with Crippen LogP contribution < -0.4 is 0 Å². The van der Waals surface area contributed by atoms with Crippen molar-refractivity contribution < 1.29 is 14.4 Å². The molecule has 0 aliphatic rings. The van der Waals surface area contributed by atoms with Crippen LogP contribution in [-0.4, -0.2) is 37.1 Å². The van der Waals surface area contributed by atoms with Crippen LogP contribution in [0.4, 0.5) is 0 Å². The highest BCUT2D eigenvalue weighted by Gasteiger charge is 2.34. The Morgan fingerprint density at radius 3 is 1.25 bits per heavy atom. The fraction of sp³-hybridized carbons (Fsp3) is 0.667. The highest BCUT2D eigenvalue weighted by molar-refractivity contribution is 7.86. The Morgan fingerprint density at radius 1 is 0.525 bits per heavy atom. The Morgan fingerprint density at radius 2 is 0.875 bits per heavy atom. The molecule has 4 unspecified atom stereocenters. The molecule has 3 nitrogen and oxygen atoms in total. The molecule has 0 saturated carbocycles. The van der Waals surface area contributed by atoms with Gasteiger partial charge in [-0.2, -0.15) is 0 Å². The maximum Gasteiger partial charge on any atom is 0.0683 e. The normalized spacial score (nSPS) is 15.4. The molecule has 0 bridgehead atoms. The van der Waals surface area contributed by atoms with Crippen molar-refractivity contribution in [2.45, 2.75) is 152 Å². The minimum absolute atomic E-state index is 0.323. The molecule has 226 valence electrons. The number of unbranched alkanes of at least 4 members (excludes halogenated alkanes) is 10. The van der Waals surface area contributed by atoms with Gasteiger partial charge < -0.3 is 10.2 Å². The summed E-state index contributed by atoms with van der Waals surface area (Å²) >= 11 is 0. The molecule has 4 atom stereocenters. The number of aliphatic hydroxyl groups is 2. The Labute approximate surface area is 248 Å². The van der Waals surface area contributed by atoms with E-state index >= 15 is 0 Å². The lowest BCUT2D eigenvalue weighted by Crippen LogP contribution is -2.41. The topological polar surface area (TPSA) is 57.5 Å². The highest BCUT2D eigenvalue weighted by Crippen LogP contribution is 2.26. The lowest BCUT2D eigenvalue weighted by Gasteiger charge is -2.30. The summed E-state index contributed by atoms with van der Waals surface area (Å²) in [6, 6.07) is 20.7. The molecule has 40 heavy (non-hydrogen) atoms. The van der Waals surface area contributed by atoms with E-state index in [0.29, 0.717) is 25.7 Å². The molecule has 0 spiro atoms. The third-order valence-corrected chi connectivity index (χ3v) is 10.6. The van der Waals surface area contributed by atoms with Gasteiger partial charge in [0, 0.05) is 10.8 Å². The zero-order chi connectivity index (χ0) is 28.8. The Hall–Kier alpha value is -1.49. The molecule has 2 N–H and O–H groups in total. The van der Waals surface area contributed by atoms with E-state index in [0.717, 1.165) is 38.5 Å². The van der Waals surface area contributed by atoms with Crippen molar-refractivity contribution in [1.29, 1.82) is 0 Å². The second-order valence-electron chi connectivity index (χ2n) is 11.7. The van der Waals surface area contributed by atoms with E-state index in [-0.39, 0.29) is 10.5 Å². The summed E-state index contributed by atoms with van der Waals surface area (Å²) in [5.41, 5.74) is 2.43. The van der Waals surface area contributed by atoms with Gasteiger partial charge >= 0.3 is 0 Å². The number of benzene rings is 2. The molecule has 0 aliphatic carbocycles.